The molecule has 0 saturated heterocycles. The molecule has 4 nitrogen and oxygen atoms in total. The first-order valence-corrected chi connectivity index (χ1v) is 6.48. The van der Waals surface area contributed by atoms with Crippen LogP contribution in [0.5, 0.6) is 0 Å². The average molecular weight is 252 g/mol. The van der Waals surface area contributed by atoms with Gasteiger partial charge in [-0.05, 0) is 25.1 Å². The van der Waals surface area contributed by atoms with Crippen molar-refractivity contribution < 1.29 is 9.53 Å². The molecule has 1 aliphatic rings. The van der Waals surface area contributed by atoms with Crippen molar-refractivity contribution in [2.24, 2.45) is 0 Å². The second kappa shape index (κ2) is 4.98. The highest BCUT2D eigenvalue weighted by Crippen LogP contribution is 2.36. The van der Waals surface area contributed by atoms with Crippen LogP contribution in [0.1, 0.15) is 6.92 Å². The molecule has 2 rings (SSSR count). The zero-order valence-electron chi connectivity index (χ0n) is 9.97. The molecule has 1 heterocycles. The maximum Gasteiger partial charge on any atom is 0.255 e. The van der Waals surface area contributed by atoms with Gasteiger partial charge in [0, 0.05) is 30.0 Å². The predicted octanol–water partition coefficient (Wildman–Crippen LogP) is 1.74. The van der Waals surface area contributed by atoms with E-state index in [2.05, 4.69) is 0 Å². The third-order valence-corrected chi connectivity index (χ3v) is 3.86. The summed E-state index contributed by atoms with van der Waals surface area (Å²) in [6.45, 7) is 2.46. The number of carbonyl (C=O) groups is 1. The van der Waals surface area contributed by atoms with Gasteiger partial charge in [0.05, 0.1) is 5.69 Å². The van der Waals surface area contributed by atoms with Crippen LogP contribution in [0.4, 0.5) is 11.4 Å². The first-order chi connectivity index (χ1) is 8.13. The fourth-order valence-corrected chi connectivity index (χ4v) is 2.76. The van der Waals surface area contributed by atoms with Crippen LogP contribution < -0.4 is 10.6 Å². The van der Waals surface area contributed by atoms with E-state index >= 15 is 0 Å². The van der Waals surface area contributed by atoms with Gasteiger partial charge >= 0.3 is 0 Å². The number of ether oxygens (including phenoxy) is 1. The number of carbonyl (C=O) groups excluding carboxylic acids is 1. The molecule has 0 spiro atoms. The van der Waals surface area contributed by atoms with Gasteiger partial charge < -0.3 is 15.4 Å². The second-order valence-electron chi connectivity index (χ2n) is 3.94. The molecule has 0 aliphatic carbocycles. The smallest absolute Gasteiger partial charge is 0.255 e. The first kappa shape index (κ1) is 12.3. The zero-order chi connectivity index (χ0) is 12.4. The Morgan fingerprint density at radius 3 is 3.06 bits per heavy atom. The van der Waals surface area contributed by atoms with E-state index in [1.807, 2.05) is 18.2 Å². The van der Waals surface area contributed by atoms with Crippen molar-refractivity contribution in [1.29, 1.82) is 0 Å². The Hall–Kier alpha value is -1.20. The fourth-order valence-electron chi connectivity index (χ4n) is 1.78. The summed E-state index contributed by atoms with van der Waals surface area (Å²) in [5.41, 5.74) is 7.35. The Balaban J connectivity index is 2.34. The summed E-state index contributed by atoms with van der Waals surface area (Å²) in [7, 11) is 1.54. The molecule has 92 valence electrons. The van der Waals surface area contributed by atoms with E-state index in [1.54, 1.807) is 30.7 Å². The van der Waals surface area contributed by atoms with E-state index in [1.165, 1.54) is 0 Å². The number of rotatable bonds is 2. The first-order valence-electron chi connectivity index (χ1n) is 5.50. The molecule has 5 heteroatoms. The number of hydrogen-bond donors (Lipinski definition) is 1. The Labute approximate surface area is 105 Å². The molecule has 1 unspecified atom stereocenters. The van der Waals surface area contributed by atoms with E-state index in [-0.39, 0.29) is 5.91 Å². The van der Waals surface area contributed by atoms with Crippen molar-refractivity contribution in [3.63, 3.8) is 0 Å². The summed E-state index contributed by atoms with van der Waals surface area (Å²) < 4.78 is 5.08. The summed E-state index contributed by atoms with van der Waals surface area (Å²) in [4.78, 5) is 15.0. The minimum absolute atomic E-state index is 0.0142. The molecule has 0 bridgehead atoms. The van der Waals surface area contributed by atoms with Gasteiger partial charge in [-0.2, -0.15) is 0 Å². The minimum atomic E-state index is -0.424. The van der Waals surface area contributed by atoms with Crippen LogP contribution in [-0.2, 0) is 9.53 Å². The van der Waals surface area contributed by atoms with Crippen LogP contribution in [0.3, 0.4) is 0 Å². The molecule has 17 heavy (non-hydrogen) atoms. The fraction of sp³-hybridized carbons (Fsp3) is 0.417. The van der Waals surface area contributed by atoms with E-state index in [9.17, 15) is 4.79 Å². The quantitative estimate of drug-likeness (QED) is 0.815. The number of anilines is 2. The molecule has 2 N–H and O–H groups in total. The summed E-state index contributed by atoms with van der Waals surface area (Å²) in [6, 6.07) is 5.67. The topological polar surface area (TPSA) is 55.6 Å². The zero-order valence-corrected chi connectivity index (χ0v) is 10.8. The molecule has 0 radical (unpaired) electrons. The molecule has 1 aromatic carbocycles. The van der Waals surface area contributed by atoms with Crippen LogP contribution in [-0.4, -0.2) is 31.4 Å². The minimum Gasteiger partial charge on any atom is -0.399 e. The van der Waals surface area contributed by atoms with Crippen LogP contribution in [0.15, 0.2) is 23.1 Å². The van der Waals surface area contributed by atoms with Crippen molar-refractivity contribution in [2.75, 3.05) is 30.0 Å². The third-order valence-electron chi connectivity index (χ3n) is 2.81. The average Bonchev–Trinajstić information content (AvgIpc) is 2.36. The number of fused-ring (bicyclic) bond motifs is 1. The maximum atomic E-state index is 12.2. The van der Waals surface area contributed by atoms with Gasteiger partial charge in [0.2, 0.25) is 0 Å². The third kappa shape index (κ3) is 2.40. The Morgan fingerprint density at radius 1 is 1.59 bits per heavy atom. The summed E-state index contributed by atoms with van der Waals surface area (Å²) in [5.74, 6) is 0.888. The molecule has 1 atom stereocenters. The molecule has 1 amide bonds. The van der Waals surface area contributed by atoms with Gasteiger partial charge in [-0.15, -0.1) is 11.8 Å². The Bertz CT molecular complexity index is 437. The van der Waals surface area contributed by atoms with Crippen LogP contribution in [0.2, 0.25) is 0 Å². The van der Waals surface area contributed by atoms with Crippen molar-refractivity contribution in [3.8, 4) is 0 Å². The second-order valence-corrected chi connectivity index (χ2v) is 5.08. The molecule has 1 aromatic rings. The molecule has 0 aromatic heterocycles. The lowest BCUT2D eigenvalue weighted by molar-refractivity contribution is -0.127. The van der Waals surface area contributed by atoms with Gasteiger partial charge in [-0.1, -0.05) is 0 Å². The standard InChI is InChI=1S/C12H16N2O2S/c1-8(16-2)12(15)14-5-6-17-11-4-3-9(13)7-10(11)14/h3-4,7-8H,5-6,13H2,1-2H3. The highest BCUT2D eigenvalue weighted by Gasteiger charge is 2.26. The number of nitrogen functional groups attached to an aromatic ring is 1. The van der Waals surface area contributed by atoms with Gasteiger partial charge in [0.25, 0.3) is 5.91 Å². The SMILES string of the molecule is COC(C)C(=O)N1CCSc2ccc(N)cc21. The lowest BCUT2D eigenvalue weighted by Gasteiger charge is -2.30. The highest BCUT2D eigenvalue weighted by molar-refractivity contribution is 7.99. The van der Waals surface area contributed by atoms with E-state index in [4.69, 9.17) is 10.5 Å². The van der Waals surface area contributed by atoms with E-state index in [0.29, 0.717) is 12.2 Å². The van der Waals surface area contributed by atoms with Gasteiger partial charge in [-0.3, -0.25) is 4.79 Å². The molecular weight excluding hydrogens is 236 g/mol. The molecule has 1 aliphatic heterocycles. The maximum absolute atomic E-state index is 12.2. The number of methoxy groups -OCH3 is 1. The van der Waals surface area contributed by atoms with Crippen LogP contribution >= 0.6 is 11.8 Å². The number of nitrogens with two attached hydrogens (primary N) is 1. The van der Waals surface area contributed by atoms with Gasteiger partial charge in [0.1, 0.15) is 6.10 Å². The summed E-state index contributed by atoms with van der Waals surface area (Å²) in [5, 5.41) is 0. The number of nitrogens with zero attached hydrogens (tertiary/aromatic N) is 1. The number of amides is 1. The monoisotopic (exact) mass is 252 g/mol. The largest absolute Gasteiger partial charge is 0.399 e. The predicted molar refractivity (Wildman–Crippen MR) is 70.4 cm³/mol. The van der Waals surface area contributed by atoms with Crippen LogP contribution in [0, 0.1) is 0 Å². The van der Waals surface area contributed by atoms with Gasteiger partial charge in [-0.25, -0.2) is 0 Å². The van der Waals surface area contributed by atoms with E-state index < -0.39 is 6.10 Å². The number of hydrogen-bond acceptors (Lipinski definition) is 4. The van der Waals surface area contributed by atoms with Gasteiger partial charge in [0.15, 0.2) is 0 Å². The Kier molecular flexibility index (Phi) is 3.59. The lowest BCUT2D eigenvalue weighted by atomic mass is 10.2. The highest BCUT2D eigenvalue weighted by atomic mass is 32.2. The molecule has 0 fully saturated rings. The van der Waals surface area contributed by atoms with Crippen LogP contribution in [0.25, 0.3) is 0 Å². The number of thioether (sulfide) groups is 1. The lowest BCUT2D eigenvalue weighted by Crippen LogP contribution is -2.41. The van der Waals surface area contributed by atoms with Crippen molar-refractivity contribution in [1.82, 2.24) is 0 Å². The molecule has 0 saturated carbocycles. The number of benzene rings is 1. The van der Waals surface area contributed by atoms with Crippen molar-refractivity contribution in [3.05, 3.63) is 18.2 Å². The molecular formula is C12H16N2O2S. The summed E-state index contributed by atoms with van der Waals surface area (Å²) >= 11 is 1.75. The Morgan fingerprint density at radius 2 is 2.35 bits per heavy atom. The van der Waals surface area contributed by atoms with Crippen molar-refractivity contribution >= 4 is 29.0 Å². The van der Waals surface area contributed by atoms with Crippen molar-refractivity contribution in [2.45, 2.75) is 17.9 Å². The normalized spacial score (nSPS) is 16.5. The summed E-state index contributed by atoms with van der Waals surface area (Å²) in [6.07, 6.45) is -0.424. The van der Waals surface area contributed by atoms with E-state index in [0.717, 1.165) is 16.3 Å².